The Morgan fingerprint density at radius 2 is 1.23 bits per heavy atom. The number of unbranched alkanes of at least 4 members (excludes halogenated alkanes) is 4. The summed E-state index contributed by atoms with van der Waals surface area (Å²) in [4.78, 5) is 10.3. The monoisotopic (exact) mass is 304 g/mol. The molecule has 0 radical (unpaired) electrons. The first-order valence-corrected chi connectivity index (χ1v) is 8.59. The molecular weight excluding hydrogens is 272 g/mol. The molecule has 0 spiro atoms. The average Bonchev–Trinajstić information content (AvgIpc) is 2.50. The summed E-state index contributed by atoms with van der Waals surface area (Å²) in [5, 5.41) is 8.51. The van der Waals surface area contributed by atoms with Crippen molar-refractivity contribution < 1.29 is 9.90 Å². The molecule has 0 aliphatic heterocycles. The van der Waals surface area contributed by atoms with Crippen molar-refractivity contribution >= 4 is 5.97 Å². The lowest BCUT2D eigenvalue weighted by atomic mass is 10.1. The van der Waals surface area contributed by atoms with Gasteiger partial charge in [-0.25, -0.2) is 0 Å². The van der Waals surface area contributed by atoms with Gasteiger partial charge in [-0.3, -0.25) is 4.79 Å². The van der Waals surface area contributed by atoms with Crippen molar-refractivity contribution in [2.75, 3.05) is 0 Å². The SMILES string of the molecule is CCC=CCC=CCC=CC/C=C\CCCCCCC(=O)O. The van der Waals surface area contributed by atoms with Gasteiger partial charge in [0.15, 0.2) is 0 Å². The Labute approximate surface area is 136 Å². The topological polar surface area (TPSA) is 37.3 Å². The molecule has 0 aliphatic rings. The molecule has 0 aromatic heterocycles. The van der Waals surface area contributed by atoms with Gasteiger partial charge >= 0.3 is 5.97 Å². The third-order valence-electron chi connectivity index (χ3n) is 3.23. The highest BCUT2D eigenvalue weighted by Crippen LogP contribution is 2.06. The highest BCUT2D eigenvalue weighted by atomic mass is 16.4. The van der Waals surface area contributed by atoms with E-state index in [4.69, 9.17) is 5.11 Å². The molecule has 1 N–H and O–H groups in total. The molecule has 0 aromatic carbocycles. The molecule has 2 heteroatoms. The first kappa shape index (κ1) is 20.4. The largest absolute Gasteiger partial charge is 0.481 e. The number of carbonyl (C=O) groups is 1. The molecule has 0 unspecified atom stereocenters. The minimum atomic E-state index is -0.682. The van der Waals surface area contributed by atoms with Gasteiger partial charge in [0, 0.05) is 6.42 Å². The van der Waals surface area contributed by atoms with Gasteiger partial charge in [-0.05, 0) is 44.9 Å². The number of allylic oxidation sites excluding steroid dienone is 8. The van der Waals surface area contributed by atoms with Crippen LogP contribution in [-0.2, 0) is 4.79 Å². The van der Waals surface area contributed by atoms with Crippen LogP contribution < -0.4 is 0 Å². The number of aliphatic carboxylic acids is 1. The number of hydrogen-bond acceptors (Lipinski definition) is 1. The molecule has 0 fully saturated rings. The maximum atomic E-state index is 10.3. The van der Waals surface area contributed by atoms with Gasteiger partial charge in [-0.1, -0.05) is 68.4 Å². The van der Waals surface area contributed by atoms with Crippen molar-refractivity contribution in [2.24, 2.45) is 0 Å². The molecule has 2 nitrogen and oxygen atoms in total. The summed E-state index contributed by atoms with van der Waals surface area (Å²) < 4.78 is 0. The molecule has 0 rings (SSSR count). The van der Waals surface area contributed by atoms with E-state index in [9.17, 15) is 4.79 Å². The second kappa shape index (κ2) is 17.5. The van der Waals surface area contributed by atoms with Gasteiger partial charge in [-0.2, -0.15) is 0 Å². The first-order valence-electron chi connectivity index (χ1n) is 8.59. The molecule has 0 saturated carbocycles. The standard InChI is InChI=1S/C20H32O2/c1-2-3-4-5-6-7-8-9-10-11-12-13-14-15-16-17-18-19-20(21)22/h3-4,6-7,9-10,12-13H,2,5,8,11,14-19H2,1H3,(H,21,22)/b4-3?,7-6?,10-9?,13-12-. The third kappa shape index (κ3) is 18.4. The van der Waals surface area contributed by atoms with Gasteiger partial charge in [0.2, 0.25) is 0 Å². The van der Waals surface area contributed by atoms with Crippen molar-refractivity contribution in [3.05, 3.63) is 48.6 Å². The lowest BCUT2D eigenvalue weighted by Gasteiger charge is -1.96. The maximum Gasteiger partial charge on any atom is 0.303 e. The van der Waals surface area contributed by atoms with Crippen molar-refractivity contribution in [2.45, 2.75) is 71.1 Å². The fourth-order valence-electron chi connectivity index (χ4n) is 1.99. The van der Waals surface area contributed by atoms with Crippen LogP contribution in [0.4, 0.5) is 0 Å². The Kier molecular flexibility index (Phi) is 16.2. The Morgan fingerprint density at radius 3 is 1.77 bits per heavy atom. The lowest BCUT2D eigenvalue weighted by molar-refractivity contribution is -0.137. The highest BCUT2D eigenvalue weighted by molar-refractivity contribution is 5.66. The zero-order chi connectivity index (χ0) is 16.3. The third-order valence-corrected chi connectivity index (χ3v) is 3.23. The molecular formula is C20H32O2. The normalized spacial score (nSPS) is 12.4. The molecule has 0 atom stereocenters. The van der Waals surface area contributed by atoms with Crippen LogP contribution in [0, 0.1) is 0 Å². The quantitative estimate of drug-likeness (QED) is 0.305. The van der Waals surface area contributed by atoms with E-state index in [0.29, 0.717) is 6.42 Å². The van der Waals surface area contributed by atoms with Gasteiger partial charge < -0.3 is 5.11 Å². The van der Waals surface area contributed by atoms with Crippen LogP contribution in [0.2, 0.25) is 0 Å². The van der Waals surface area contributed by atoms with Crippen LogP contribution in [0.5, 0.6) is 0 Å². The summed E-state index contributed by atoms with van der Waals surface area (Å²) in [5.41, 5.74) is 0. The predicted molar refractivity (Wildman–Crippen MR) is 96.0 cm³/mol. The van der Waals surface area contributed by atoms with E-state index in [1.54, 1.807) is 0 Å². The minimum absolute atomic E-state index is 0.309. The molecule has 22 heavy (non-hydrogen) atoms. The summed E-state index contributed by atoms with van der Waals surface area (Å²) in [6, 6.07) is 0. The number of hydrogen-bond donors (Lipinski definition) is 1. The molecule has 124 valence electrons. The fraction of sp³-hybridized carbons (Fsp3) is 0.550. The maximum absolute atomic E-state index is 10.3. The molecule has 0 aliphatic carbocycles. The second-order valence-electron chi connectivity index (χ2n) is 5.35. The lowest BCUT2D eigenvalue weighted by Crippen LogP contribution is -1.93. The molecule has 0 saturated heterocycles. The van der Waals surface area contributed by atoms with E-state index in [1.807, 2.05) is 0 Å². The van der Waals surface area contributed by atoms with Crippen LogP contribution in [0.3, 0.4) is 0 Å². The summed E-state index contributed by atoms with van der Waals surface area (Å²) in [5.74, 6) is -0.682. The Bertz CT molecular complexity index is 362. The van der Waals surface area contributed by atoms with E-state index >= 15 is 0 Å². The van der Waals surface area contributed by atoms with Crippen molar-refractivity contribution in [3.63, 3.8) is 0 Å². The van der Waals surface area contributed by atoms with Crippen molar-refractivity contribution in [1.29, 1.82) is 0 Å². The number of carboxylic acids is 1. The molecule has 0 amide bonds. The Morgan fingerprint density at radius 1 is 0.727 bits per heavy atom. The fourth-order valence-corrected chi connectivity index (χ4v) is 1.99. The van der Waals surface area contributed by atoms with Crippen LogP contribution in [-0.4, -0.2) is 11.1 Å². The summed E-state index contributed by atoms with van der Waals surface area (Å²) in [7, 11) is 0. The van der Waals surface area contributed by atoms with Crippen LogP contribution in [0.1, 0.15) is 71.1 Å². The predicted octanol–water partition coefficient (Wildman–Crippen LogP) is 6.22. The van der Waals surface area contributed by atoms with Gasteiger partial charge in [0.1, 0.15) is 0 Å². The van der Waals surface area contributed by atoms with E-state index in [-0.39, 0.29) is 0 Å². The highest BCUT2D eigenvalue weighted by Gasteiger charge is 1.95. The molecule has 0 bridgehead atoms. The smallest absolute Gasteiger partial charge is 0.303 e. The summed E-state index contributed by atoms with van der Waals surface area (Å²) in [6.45, 7) is 2.15. The number of carboxylic acid groups (broad SMARTS) is 1. The summed E-state index contributed by atoms with van der Waals surface area (Å²) in [6.07, 6.45) is 27.4. The summed E-state index contributed by atoms with van der Waals surface area (Å²) >= 11 is 0. The van der Waals surface area contributed by atoms with Crippen molar-refractivity contribution in [1.82, 2.24) is 0 Å². The van der Waals surface area contributed by atoms with Gasteiger partial charge in [-0.15, -0.1) is 0 Å². The van der Waals surface area contributed by atoms with E-state index < -0.39 is 5.97 Å². The van der Waals surface area contributed by atoms with Gasteiger partial charge in [0.25, 0.3) is 0 Å². The minimum Gasteiger partial charge on any atom is -0.481 e. The van der Waals surface area contributed by atoms with E-state index in [2.05, 4.69) is 55.5 Å². The number of rotatable bonds is 14. The van der Waals surface area contributed by atoms with E-state index in [1.165, 1.54) is 0 Å². The molecule has 0 heterocycles. The van der Waals surface area contributed by atoms with Gasteiger partial charge in [0.05, 0.1) is 0 Å². The molecule has 0 aromatic rings. The van der Waals surface area contributed by atoms with E-state index in [0.717, 1.165) is 57.8 Å². The average molecular weight is 304 g/mol. The second-order valence-corrected chi connectivity index (χ2v) is 5.35. The van der Waals surface area contributed by atoms with Crippen LogP contribution in [0.15, 0.2) is 48.6 Å². The van der Waals surface area contributed by atoms with Crippen LogP contribution in [0.25, 0.3) is 0 Å². The Hall–Kier alpha value is -1.57. The van der Waals surface area contributed by atoms with Crippen LogP contribution >= 0.6 is 0 Å². The first-order chi connectivity index (χ1) is 10.8. The zero-order valence-corrected chi connectivity index (χ0v) is 14.0. The van der Waals surface area contributed by atoms with Crippen molar-refractivity contribution in [3.8, 4) is 0 Å². The Balaban J connectivity index is 3.34. The zero-order valence-electron chi connectivity index (χ0n) is 14.0.